The first kappa shape index (κ1) is 28.1. The molecule has 0 aliphatic rings. The number of nitrogens with zero attached hydrogens (tertiary/aromatic N) is 3. The highest BCUT2D eigenvalue weighted by atomic mass is 35.5. The number of fused-ring (bicyclic) bond motifs is 4. The molecule has 5 heteroatoms. The molecule has 9 rings (SSSR count). The third-order valence-corrected chi connectivity index (χ3v) is 9.01. The van der Waals surface area contributed by atoms with Crippen molar-refractivity contribution in [2.45, 2.75) is 0 Å². The summed E-state index contributed by atoms with van der Waals surface area (Å²) >= 11 is 6.67. The molecule has 0 N–H and O–H groups in total. The summed E-state index contributed by atoms with van der Waals surface area (Å²) in [6.07, 6.45) is 0. The van der Waals surface area contributed by atoms with E-state index in [1.165, 1.54) is 11.1 Å². The summed E-state index contributed by atoms with van der Waals surface area (Å²) in [7, 11) is 0. The lowest BCUT2D eigenvalue weighted by atomic mass is 9.99. The van der Waals surface area contributed by atoms with Crippen LogP contribution in [0.5, 0.6) is 0 Å². The molecule has 0 bridgehead atoms. The van der Waals surface area contributed by atoms with E-state index in [1.54, 1.807) is 0 Å². The predicted molar refractivity (Wildman–Crippen MR) is 197 cm³/mol. The second-order valence-corrected chi connectivity index (χ2v) is 12.3. The van der Waals surface area contributed by atoms with Crippen molar-refractivity contribution >= 4 is 44.3 Å². The molecule has 9 aromatic rings. The van der Waals surface area contributed by atoms with Crippen LogP contribution >= 0.6 is 11.6 Å². The molecule has 0 saturated carbocycles. The Morgan fingerprint density at radius 3 is 1.67 bits per heavy atom. The molecule has 2 heterocycles. The number of aromatic nitrogens is 3. The minimum Gasteiger partial charge on any atom is -0.456 e. The van der Waals surface area contributed by atoms with Crippen molar-refractivity contribution < 1.29 is 4.42 Å². The third kappa shape index (κ3) is 5.09. The first-order valence-electron chi connectivity index (χ1n) is 15.8. The summed E-state index contributed by atoms with van der Waals surface area (Å²) in [6, 6.07) is 53.8. The van der Waals surface area contributed by atoms with Gasteiger partial charge >= 0.3 is 0 Å². The van der Waals surface area contributed by atoms with Crippen LogP contribution in [0.3, 0.4) is 0 Å². The molecule has 2 aromatic heterocycles. The van der Waals surface area contributed by atoms with Crippen LogP contribution in [0, 0.1) is 0 Å². The molecule has 0 radical (unpaired) electrons. The van der Waals surface area contributed by atoms with E-state index in [2.05, 4.69) is 109 Å². The van der Waals surface area contributed by atoms with Crippen LogP contribution in [0.15, 0.2) is 162 Å². The summed E-state index contributed by atoms with van der Waals surface area (Å²) in [5, 5.41) is 4.73. The second kappa shape index (κ2) is 11.6. The van der Waals surface area contributed by atoms with Gasteiger partial charge in [-0.25, -0.2) is 15.0 Å². The molecule has 0 unspecified atom stereocenters. The zero-order valence-corrected chi connectivity index (χ0v) is 26.4. The average Bonchev–Trinajstić information content (AvgIpc) is 3.53. The monoisotopic (exact) mass is 635 g/mol. The summed E-state index contributed by atoms with van der Waals surface area (Å²) < 4.78 is 6.21. The quantitative estimate of drug-likeness (QED) is 0.189. The number of halogens is 1. The van der Waals surface area contributed by atoms with Gasteiger partial charge in [0.2, 0.25) is 0 Å². The Morgan fingerprint density at radius 2 is 0.938 bits per heavy atom. The standard InChI is InChI=1S/C43H26ClN3O/c44-35-25-37(40-36-12-6-7-13-38(36)48-39(40)26-35)43-46-41(45-42(47-43)34-23-20-28-10-4-5-11-33(28)24-34)32-21-18-31(19-22-32)30-16-14-29(15-17-30)27-8-2-1-3-9-27/h1-26H. The Labute approximate surface area is 282 Å². The van der Waals surface area contributed by atoms with Gasteiger partial charge in [-0.05, 0) is 51.2 Å². The van der Waals surface area contributed by atoms with Crippen molar-refractivity contribution in [3.05, 3.63) is 163 Å². The van der Waals surface area contributed by atoms with E-state index in [0.29, 0.717) is 28.1 Å². The van der Waals surface area contributed by atoms with Crippen LogP contribution in [0.4, 0.5) is 0 Å². The number of hydrogen-bond acceptors (Lipinski definition) is 4. The van der Waals surface area contributed by atoms with Gasteiger partial charge in [0.05, 0.1) is 0 Å². The minimum atomic E-state index is 0.530. The lowest BCUT2D eigenvalue weighted by Crippen LogP contribution is -2.00. The van der Waals surface area contributed by atoms with E-state index >= 15 is 0 Å². The van der Waals surface area contributed by atoms with E-state index in [0.717, 1.165) is 54.9 Å². The minimum absolute atomic E-state index is 0.530. The van der Waals surface area contributed by atoms with Gasteiger partial charge in [-0.1, -0.05) is 145 Å². The lowest BCUT2D eigenvalue weighted by molar-refractivity contribution is 0.669. The van der Waals surface area contributed by atoms with Gasteiger partial charge in [0.15, 0.2) is 17.5 Å². The smallest absolute Gasteiger partial charge is 0.164 e. The zero-order chi connectivity index (χ0) is 32.0. The fourth-order valence-electron chi connectivity index (χ4n) is 6.38. The average molecular weight is 636 g/mol. The fraction of sp³-hybridized carbons (Fsp3) is 0. The van der Waals surface area contributed by atoms with Crippen LogP contribution in [-0.2, 0) is 0 Å². The molecule has 0 amide bonds. The summed E-state index contributed by atoms with van der Waals surface area (Å²) in [5.74, 6) is 1.69. The summed E-state index contributed by atoms with van der Waals surface area (Å²) in [6.45, 7) is 0. The Morgan fingerprint density at radius 1 is 0.396 bits per heavy atom. The van der Waals surface area contributed by atoms with E-state index in [1.807, 2.05) is 48.5 Å². The molecule has 0 saturated heterocycles. The maximum atomic E-state index is 6.67. The molecular formula is C43H26ClN3O. The van der Waals surface area contributed by atoms with Crippen molar-refractivity contribution in [1.29, 1.82) is 0 Å². The first-order chi connectivity index (χ1) is 23.7. The number of para-hydroxylation sites is 1. The van der Waals surface area contributed by atoms with Gasteiger partial charge in [-0.2, -0.15) is 0 Å². The molecular weight excluding hydrogens is 610 g/mol. The van der Waals surface area contributed by atoms with Crippen LogP contribution < -0.4 is 0 Å². The summed E-state index contributed by atoms with van der Waals surface area (Å²) in [5.41, 5.74) is 8.71. The van der Waals surface area contributed by atoms with Crippen LogP contribution in [-0.4, -0.2) is 15.0 Å². The van der Waals surface area contributed by atoms with Gasteiger partial charge in [-0.15, -0.1) is 0 Å². The maximum Gasteiger partial charge on any atom is 0.164 e. The Hall–Kier alpha value is -6.10. The number of furan rings is 1. The normalized spacial score (nSPS) is 11.4. The number of benzene rings is 7. The van der Waals surface area contributed by atoms with E-state index in [9.17, 15) is 0 Å². The van der Waals surface area contributed by atoms with Gasteiger partial charge in [0.25, 0.3) is 0 Å². The Bertz CT molecular complexity index is 2610. The second-order valence-electron chi connectivity index (χ2n) is 11.8. The SMILES string of the molecule is Clc1cc(-c2nc(-c3ccc(-c4ccc(-c5ccccc5)cc4)cc3)nc(-c3ccc4ccccc4c3)n2)c2c(c1)oc1ccccc12. The van der Waals surface area contributed by atoms with Crippen LogP contribution in [0.25, 0.3) is 89.1 Å². The number of hydrogen-bond donors (Lipinski definition) is 0. The Balaban J connectivity index is 1.18. The van der Waals surface area contributed by atoms with E-state index in [-0.39, 0.29) is 0 Å². The van der Waals surface area contributed by atoms with Gasteiger partial charge in [-0.3, -0.25) is 0 Å². The zero-order valence-electron chi connectivity index (χ0n) is 25.6. The molecule has 0 spiro atoms. The van der Waals surface area contributed by atoms with Crippen LogP contribution in [0.1, 0.15) is 0 Å². The van der Waals surface area contributed by atoms with Crippen molar-refractivity contribution in [3.8, 4) is 56.4 Å². The maximum absolute atomic E-state index is 6.67. The highest BCUT2D eigenvalue weighted by Gasteiger charge is 2.19. The van der Waals surface area contributed by atoms with Gasteiger partial charge in [0.1, 0.15) is 11.2 Å². The molecule has 48 heavy (non-hydrogen) atoms. The molecule has 7 aromatic carbocycles. The highest BCUT2D eigenvalue weighted by Crippen LogP contribution is 2.39. The van der Waals surface area contributed by atoms with Gasteiger partial charge < -0.3 is 4.42 Å². The lowest BCUT2D eigenvalue weighted by Gasteiger charge is -2.11. The first-order valence-corrected chi connectivity index (χ1v) is 16.2. The molecule has 0 aliphatic heterocycles. The van der Waals surface area contributed by atoms with Crippen molar-refractivity contribution in [2.75, 3.05) is 0 Å². The molecule has 0 aliphatic carbocycles. The predicted octanol–water partition coefficient (Wildman–Crippen LogP) is 11.9. The highest BCUT2D eigenvalue weighted by molar-refractivity contribution is 6.32. The van der Waals surface area contributed by atoms with Crippen LogP contribution in [0.2, 0.25) is 5.02 Å². The molecule has 0 atom stereocenters. The third-order valence-electron chi connectivity index (χ3n) is 8.80. The van der Waals surface area contributed by atoms with E-state index in [4.69, 9.17) is 31.0 Å². The van der Waals surface area contributed by atoms with Gasteiger partial charge in [0, 0.05) is 38.6 Å². The topological polar surface area (TPSA) is 51.8 Å². The van der Waals surface area contributed by atoms with E-state index < -0.39 is 0 Å². The molecule has 0 fully saturated rings. The number of rotatable bonds is 5. The largest absolute Gasteiger partial charge is 0.456 e. The summed E-state index contributed by atoms with van der Waals surface area (Å²) in [4.78, 5) is 15.2. The van der Waals surface area contributed by atoms with Crippen molar-refractivity contribution in [2.24, 2.45) is 0 Å². The molecule has 4 nitrogen and oxygen atoms in total. The fourth-order valence-corrected chi connectivity index (χ4v) is 6.59. The van der Waals surface area contributed by atoms with Crippen molar-refractivity contribution in [3.63, 3.8) is 0 Å². The van der Waals surface area contributed by atoms with Crippen molar-refractivity contribution in [1.82, 2.24) is 15.0 Å². The Kier molecular flexibility index (Phi) is 6.81. The molecule has 226 valence electrons.